The van der Waals surface area contributed by atoms with Gasteiger partial charge < -0.3 is 10.1 Å². The van der Waals surface area contributed by atoms with E-state index in [-0.39, 0.29) is 5.97 Å². The van der Waals surface area contributed by atoms with Gasteiger partial charge in [-0.05, 0) is 43.1 Å². The fraction of sp³-hybridized carbons (Fsp3) is 0.692. The number of esters is 1. The van der Waals surface area contributed by atoms with Crippen LogP contribution < -0.4 is 5.32 Å². The Bertz CT molecular complexity index is 454. The Hall–Kier alpha value is -1.10. The van der Waals surface area contributed by atoms with E-state index in [9.17, 15) is 4.79 Å². The summed E-state index contributed by atoms with van der Waals surface area (Å²) < 4.78 is 9.29. The van der Waals surface area contributed by atoms with Gasteiger partial charge in [-0.25, -0.2) is 4.79 Å². The van der Waals surface area contributed by atoms with Crippen LogP contribution in [-0.2, 0) is 4.74 Å². The lowest BCUT2D eigenvalue weighted by Gasteiger charge is -2.07. The highest BCUT2D eigenvalue weighted by Crippen LogP contribution is 2.51. The minimum atomic E-state index is -0.277. The third kappa shape index (κ3) is 2.66. The Balaban J connectivity index is 2.02. The monoisotopic (exact) mass is 268 g/mol. The summed E-state index contributed by atoms with van der Waals surface area (Å²) in [5.41, 5.74) is 1.79. The Morgan fingerprint density at radius 2 is 2.28 bits per heavy atom. The van der Waals surface area contributed by atoms with Crippen molar-refractivity contribution >= 4 is 22.5 Å². The van der Waals surface area contributed by atoms with Crippen molar-refractivity contribution in [3.63, 3.8) is 0 Å². The molecule has 0 saturated heterocycles. The lowest BCUT2D eigenvalue weighted by Crippen LogP contribution is -2.11. The molecular formula is C13H20N2O2S. The Morgan fingerprint density at radius 3 is 2.83 bits per heavy atom. The van der Waals surface area contributed by atoms with Gasteiger partial charge in [-0.3, -0.25) is 0 Å². The fourth-order valence-electron chi connectivity index (χ4n) is 2.07. The van der Waals surface area contributed by atoms with Crippen LogP contribution >= 0.6 is 11.5 Å². The summed E-state index contributed by atoms with van der Waals surface area (Å²) in [4.78, 5) is 11.8. The second kappa shape index (κ2) is 4.88. The molecule has 0 aliphatic heterocycles. The van der Waals surface area contributed by atoms with Gasteiger partial charge in [0.05, 0.1) is 12.3 Å². The summed E-state index contributed by atoms with van der Waals surface area (Å²) >= 11 is 1.34. The van der Waals surface area contributed by atoms with E-state index in [0.717, 1.165) is 17.2 Å². The molecule has 2 rings (SSSR count). The van der Waals surface area contributed by atoms with Crippen molar-refractivity contribution in [1.29, 1.82) is 0 Å². The SMILES string of the molecule is CCOC(=O)c1c(C)nsc1NCC1CC1(C)C. The van der Waals surface area contributed by atoms with Crippen molar-refractivity contribution < 1.29 is 9.53 Å². The first-order valence-corrected chi connectivity index (χ1v) is 7.10. The number of rotatable bonds is 5. The zero-order chi connectivity index (χ0) is 13.3. The Morgan fingerprint density at radius 1 is 1.61 bits per heavy atom. The number of carbonyl (C=O) groups is 1. The number of hydrogen-bond acceptors (Lipinski definition) is 5. The fourth-order valence-corrected chi connectivity index (χ4v) is 2.86. The molecular weight excluding hydrogens is 248 g/mol. The molecule has 1 fully saturated rings. The molecule has 1 saturated carbocycles. The number of carbonyl (C=O) groups excluding carboxylic acids is 1. The van der Waals surface area contributed by atoms with Gasteiger partial charge in [-0.1, -0.05) is 13.8 Å². The number of nitrogens with one attached hydrogen (secondary N) is 1. The summed E-state index contributed by atoms with van der Waals surface area (Å²) in [6, 6.07) is 0. The van der Waals surface area contributed by atoms with Gasteiger partial charge >= 0.3 is 5.97 Å². The number of hydrogen-bond donors (Lipinski definition) is 1. The van der Waals surface area contributed by atoms with Crippen molar-refractivity contribution in [3.8, 4) is 0 Å². The van der Waals surface area contributed by atoms with Crippen LogP contribution in [0.2, 0.25) is 0 Å². The van der Waals surface area contributed by atoms with Gasteiger partial charge in [-0.15, -0.1) is 0 Å². The molecule has 5 heteroatoms. The van der Waals surface area contributed by atoms with E-state index in [1.54, 1.807) is 0 Å². The molecule has 1 aliphatic rings. The van der Waals surface area contributed by atoms with Crippen molar-refractivity contribution in [2.45, 2.75) is 34.1 Å². The molecule has 18 heavy (non-hydrogen) atoms. The molecule has 1 aromatic rings. The van der Waals surface area contributed by atoms with E-state index in [1.807, 2.05) is 13.8 Å². The minimum Gasteiger partial charge on any atom is -0.462 e. The molecule has 4 nitrogen and oxygen atoms in total. The summed E-state index contributed by atoms with van der Waals surface area (Å²) in [5.74, 6) is 0.413. The first-order valence-electron chi connectivity index (χ1n) is 6.33. The quantitative estimate of drug-likeness (QED) is 0.834. The van der Waals surface area contributed by atoms with Crippen LogP contribution in [0, 0.1) is 18.3 Å². The highest BCUT2D eigenvalue weighted by Gasteiger charge is 2.45. The zero-order valence-corrected chi connectivity index (χ0v) is 12.2. The van der Waals surface area contributed by atoms with Crippen molar-refractivity contribution in [3.05, 3.63) is 11.3 Å². The van der Waals surface area contributed by atoms with Crippen LogP contribution in [0.15, 0.2) is 0 Å². The summed E-state index contributed by atoms with van der Waals surface area (Å²) in [6.45, 7) is 9.49. The maximum Gasteiger partial charge on any atom is 0.343 e. The largest absolute Gasteiger partial charge is 0.462 e. The molecule has 1 unspecified atom stereocenters. The van der Waals surface area contributed by atoms with Crippen LogP contribution in [-0.4, -0.2) is 23.5 Å². The normalized spacial score (nSPS) is 20.6. The van der Waals surface area contributed by atoms with Crippen LogP contribution in [0.25, 0.3) is 0 Å². The van der Waals surface area contributed by atoms with Gasteiger partial charge in [0.2, 0.25) is 0 Å². The molecule has 1 aromatic heterocycles. The smallest absolute Gasteiger partial charge is 0.343 e. The van der Waals surface area contributed by atoms with Crippen LogP contribution in [0.3, 0.4) is 0 Å². The Kier molecular flexibility index (Phi) is 3.61. The molecule has 100 valence electrons. The van der Waals surface area contributed by atoms with Gasteiger partial charge in [-0.2, -0.15) is 4.37 Å². The molecule has 1 aliphatic carbocycles. The average molecular weight is 268 g/mol. The van der Waals surface area contributed by atoms with E-state index in [2.05, 4.69) is 23.5 Å². The first-order chi connectivity index (χ1) is 8.45. The molecule has 0 spiro atoms. The van der Waals surface area contributed by atoms with Crippen molar-refractivity contribution in [1.82, 2.24) is 4.37 Å². The molecule has 0 amide bonds. The summed E-state index contributed by atoms with van der Waals surface area (Å²) in [5, 5.41) is 4.19. The second-order valence-corrected chi connectivity index (χ2v) is 6.24. The zero-order valence-electron chi connectivity index (χ0n) is 11.4. The summed E-state index contributed by atoms with van der Waals surface area (Å²) in [6.07, 6.45) is 1.24. The molecule has 1 N–H and O–H groups in total. The standard InChI is InChI=1S/C13H20N2O2S/c1-5-17-12(16)10-8(2)15-18-11(10)14-7-9-6-13(9,3)4/h9,14H,5-7H2,1-4H3. The van der Waals surface area contributed by atoms with Crippen LogP contribution in [0.4, 0.5) is 5.00 Å². The van der Waals surface area contributed by atoms with E-state index >= 15 is 0 Å². The number of aromatic nitrogens is 1. The van der Waals surface area contributed by atoms with Crippen molar-refractivity contribution in [2.24, 2.45) is 11.3 Å². The van der Waals surface area contributed by atoms with Gasteiger partial charge in [0.1, 0.15) is 10.6 Å². The van der Waals surface area contributed by atoms with Gasteiger partial charge in [0, 0.05) is 6.54 Å². The maximum atomic E-state index is 11.8. The third-order valence-electron chi connectivity index (χ3n) is 3.57. The lowest BCUT2D eigenvalue weighted by atomic mass is 10.1. The summed E-state index contributed by atoms with van der Waals surface area (Å²) in [7, 11) is 0. The molecule has 0 aromatic carbocycles. The number of anilines is 1. The predicted molar refractivity (Wildman–Crippen MR) is 73.2 cm³/mol. The third-order valence-corrected chi connectivity index (χ3v) is 4.47. The topological polar surface area (TPSA) is 51.2 Å². The van der Waals surface area contributed by atoms with Gasteiger partial charge in [0.25, 0.3) is 0 Å². The average Bonchev–Trinajstić information content (AvgIpc) is 2.73. The van der Waals surface area contributed by atoms with Crippen LogP contribution in [0.5, 0.6) is 0 Å². The Labute approximate surface area is 112 Å². The molecule has 0 bridgehead atoms. The minimum absolute atomic E-state index is 0.277. The lowest BCUT2D eigenvalue weighted by molar-refractivity contribution is 0.0527. The first kappa shape index (κ1) is 13.3. The number of ether oxygens (including phenoxy) is 1. The van der Waals surface area contributed by atoms with E-state index in [0.29, 0.717) is 23.5 Å². The maximum absolute atomic E-state index is 11.8. The molecule has 1 heterocycles. The van der Waals surface area contributed by atoms with E-state index in [1.165, 1.54) is 18.0 Å². The van der Waals surface area contributed by atoms with Crippen LogP contribution in [0.1, 0.15) is 43.2 Å². The number of aryl methyl sites for hydroxylation is 1. The number of nitrogens with zero attached hydrogens (tertiary/aromatic N) is 1. The van der Waals surface area contributed by atoms with E-state index in [4.69, 9.17) is 4.74 Å². The molecule has 0 radical (unpaired) electrons. The predicted octanol–water partition coefficient (Wildman–Crippen LogP) is 3.09. The van der Waals surface area contributed by atoms with E-state index < -0.39 is 0 Å². The van der Waals surface area contributed by atoms with Gasteiger partial charge in [0.15, 0.2) is 0 Å². The van der Waals surface area contributed by atoms with Crippen molar-refractivity contribution in [2.75, 3.05) is 18.5 Å². The molecule has 1 atom stereocenters. The second-order valence-electron chi connectivity index (χ2n) is 5.46. The highest BCUT2D eigenvalue weighted by molar-refractivity contribution is 7.10. The highest BCUT2D eigenvalue weighted by atomic mass is 32.1.